The Balaban J connectivity index is 2.23. The highest BCUT2D eigenvalue weighted by Crippen LogP contribution is 2.27. The molecule has 0 fully saturated rings. The van der Waals surface area contributed by atoms with Crippen LogP contribution in [0, 0.1) is 6.92 Å². The number of benzene rings is 1. The van der Waals surface area contributed by atoms with Gasteiger partial charge in [0.05, 0.1) is 12.7 Å². The van der Waals surface area contributed by atoms with Gasteiger partial charge >= 0.3 is 0 Å². The number of aromatic nitrogens is 3. The Bertz CT molecular complexity index is 703. The second-order valence-corrected chi connectivity index (χ2v) is 4.10. The quantitative estimate of drug-likeness (QED) is 0.690. The van der Waals surface area contributed by atoms with Crippen molar-refractivity contribution < 1.29 is 4.74 Å². The molecule has 0 radical (unpaired) electrons. The van der Waals surface area contributed by atoms with Crippen LogP contribution >= 0.6 is 0 Å². The maximum Gasteiger partial charge on any atom is 0.185 e. The minimum Gasteiger partial charge on any atom is -0.496 e. The number of ether oxygens (including phenoxy) is 1. The van der Waals surface area contributed by atoms with Gasteiger partial charge in [0.15, 0.2) is 11.5 Å². The predicted octanol–water partition coefficient (Wildman–Crippen LogP) is 2.71. The Labute approximate surface area is 105 Å². The molecule has 18 heavy (non-hydrogen) atoms. The molecule has 90 valence electrons. The fourth-order valence-electron chi connectivity index (χ4n) is 1.98. The van der Waals surface area contributed by atoms with Gasteiger partial charge in [0.2, 0.25) is 0 Å². The Morgan fingerprint density at radius 2 is 1.94 bits per heavy atom. The van der Waals surface area contributed by atoms with E-state index in [4.69, 9.17) is 4.74 Å². The van der Waals surface area contributed by atoms with Crippen molar-refractivity contribution in [3.63, 3.8) is 0 Å². The molecule has 0 aliphatic carbocycles. The van der Waals surface area contributed by atoms with E-state index in [2.05, 4.69) is 10.1 Å². The number of methoxy groups -OCH3 is 1. The lowest BCUT2D eigenvalue weighted by Gasteiger charge is -2.03. The summed E-state index contributed by atoms with van der Waals surface area (Å²) in [5.41, 5.74) is 2.88. The molecule has 4 nitrogen and oxygen atoms in total. The van der Waals surface area contributed by atoms with Crippen molar-refractivity contribution in [1.82, 2.24) is 14.6 Å². The van der Waals surface area contributed by atoms with Crippen molar-refractivity contribution in [2.75, 3.05) is 7.11 Å². The molecule has 0 saturated heterocycles. The third kappa shape index (κ3) is 1.62. The van der Waals surface area contributed by atoms with Gasteiger partial charge in [0, 0.05) is 6.20 Å². The minimum absolute atomic E-state index is 0.682. The van der Waals surface area contributed by atoms with E-state index < -0.39 is 0 Å². The topological polar surface area (TPSA) is 39.4 Å². The Morgan fingerprint density at radius 1 is 1.11 bits per heavy atom. The van der Waals surface area contributed by atoms with E-state index in [1.807, 2.05) is 49.5 Å². The van der Waals surface area contributed by atoms with Gasteiger partial charge in [-0.3, -0.25) is 0 Å². The first-order valence-electron chi connectivity index (χ1n) is 5.75. The van der Waals surface area contributed by atoms with Gasteiger partial charge in [-0.2, -0.15) is 0 Å². The molecule has 0 unspecified atom stereocenters. The zero-order valence-electron chi connectivity index (χ0n) is 10.3. The zero-order chi connectivity index (χ0) is 12.5. The van der Waals surface area contributed by atoms with Crippen LogP contribution < -0.4 is 4.74 Å². The van der Waals surface area contributed by atoms with Crippen molar-refractivity contribution in [2.24, 2.45) is 0 Å². The Hall–Kier alpha value is -2.36. The van der Waals surface area contributed by atoms with Gasteiger partial charge < -0.3 is 4.74 Å². The number of nitrogens with zero attached hydrogens (tertiary/aromatic N) is 3. The summed E-state index contributed by atoms with van der Waals surface area (Å²) in [4.78, 5) is 4.56. The predicted molar refractivity (Wildman–Crippen MR) is 69.7 cm³/mol. The molecule has 0 N–H and O–H groups in total. The standard InChI is InChI=1S/C14H13N3O/c1-10-6-5-9-17-14(10)15-13(16-17)11-7-3-4-8-12(11)18-2/h3-9H,1-2H3. The van der Waals surface area contributed by atoms with E-state index in [9.17, 15) is 0 Å². The van der Waals surface area contributed by atoms with Crippen molar-refractivity contribution in [3.05, 3.63) is 48.2 Å². The maximum absolute atomic E-state index is 5.34. The number of para-hydroxylation sites is 1. The van der Waals surface area contributed by atoms with Crippen LogP contribution in [0.3, 0.4) is 0 Å². The SMILES string of the molecule is COc1ccccc1-c1nc2c(C)cccn2n1. The summed E-state index contributed by atoms with van der Waals surface area (Å²) in [6, 6.07) is 11.7. The molecule has 0 bridgehead atoms. The van der Waals surface area contributed by atoms with Crippen molar-refractivity contribution >= 4 is 5.65 Å². The molecule has 0 aliphatic rings. The summed E-state index contributed by atoms with van der Waals surface area (Å²) in [6.07, 6.45) is 1.90. The van der Waals surface area contributed by atoms with Crippen LogP contribution in [0.1, 0.15) is 5.56 Å². The first-order valence-corrected chi connectivity index (χ1v) is 5.75. The Morgan fingerprint density at radius 3 is 2.72 bits per heavy atom. The maximum atomic E-state index is 5.34. The molecule has 3 rings (SSSR count). The lowest BCUT2D eigenvalue weighted by molar-refractivity contribution is 0.416. The third-order valence-corrected chi connectivity index (χ3v) is 2.91. The number of pyridine rings is 1. The van der Waals surface area contributed by atoms with E-state index in [0.29, 0.717) is 5.82 Å². The molecule has 0 atom stereocenters. The summed E-state index contributed by atoms with van der Waals surface area (Å²) in [7, 11) is 1.65. The number of rotatable bonds is 2. The number of hydrogen-bond acceptors (Lipinski definition) is 3. The lowest BCUT2D eigenvalue weighted by atomic mass is 10.2. The molecule has 0 spiro atoms. The van der Waals surface area contributed by atoms with Gasteiger partial charge in [0.1, 0.15) is 5.75 Å². The molecule has 3 aromatic rings. The van der Waals surface area contributed by atoms with E-state index in [1.54, 1.807) is 11.6 Å². The first-order chi connectivity index (χ1) is 8.79. The molecule has 1 aromatic carbocycles. The zero-order valence-corrected chi connectivity index (χ0v) is 10.3. The summed E-state index contributed by atoms with van der Waals surface area (Å²) < 4.78 is 7.13. The largest absolute Gasteiger partial charge is 0.496 e. The van der Waals surface area contributed by atoms with E-state index >= 15 is 0 Å². The van der Waals surface area contributed by atoms with Gasteiger partial charge in [-0.25, -0.2) is 9.50 Å². The van der Waals surface area contributed by atoms with Crippen LogP contribution in [0.2, 0.25) is 0 Å². The van der Waals surface area contributed by atoms with Crippen molar-refractivity contribution in [2.45, 2.75) is 6.92 Å². The van der Waals surface area contributed by atoms with E-state index in [-0.39, 0.29) is 0 Å². The van der Waals surface area contributed by atoms with Crippen molar-refractivity contribution in [3.8, 4) is 17.1 Å². The average molecular weight is 239 g/mol. The molecule has 0 aliphatic heterocycles. The lowest BCUT2D eigenvalue weighted by Crippen LogP contribution is -1.89. The fraction of sp³-hybridized carbons (Fsp3) is 0.143. The van der Waals surface area contributed by atoms with Crippen LogP contribution in [0.4, 0.5) is 0 Å². The van der Waals surface area contributed by atoms with Crippen LogP contribution in [-0.4, -0.2) is 21.7 Å². The molecule has 4 heteroatoms. The van der Waals surface area contributed by atoms with Crippen LogP contribution in [0.5, 0.6) is 5.75 Å². The van der Waals surface area contributed by atoms with Crippen LogP contribution in [-0.2, 0) is 0 Å². The summed E-state index contributed by atoms with van der Waals surface area (Å²) in [6.45, 7) is 2.02. The van der Waals surface area contributed by atoms with Gasteiger partial charge in [0.25, 0.3) is 0 Å². The summed E-state index contributed by atoms with van der Waals surface area (Å²) >= 11 is 0. The molecular weight excluding hydrogens is 226 g/mol. The highest BCUT2D eigenvalue weighted by Gasteiger charge is 2.11. The first kappa shape index (κ1) is 10.8. The third-order valence-electron chi connectivity index (χ3n) is 2.91. The highest BCUT2D eigenvalue weighted by atomic mass is 16.5. The molecule has 0 amide bonds. The van der Waals surface area contributed by atoms with E-state index in [1.165, 1.54) is 0 Å². The van der Waals surface area contributed by atoms with Gasteiger partial charge in [-0.1, -0.05) is 18.2 Å². The average Bonchev–Trinajstić information content (AvgIpc) is 2.84. The summed E-state index contributed by atoms with van der Waals surface area (Å²) in [5.74, 6) is 1.47. The van der Waals surface area contributed by atoms with Crippen LogP contribution in [0.15, 0.2) is 42.6 Å². The minimum atomic E-state index is 0.682. The number of aryl methyl sites for hydroxylation is 1. The van der Waals surface area contributed by atoms with Crippen molar-refractivity contribution in [1.29, 1.82) is 0 Å². The smallest absolute Gasteiger partial charge is 0.185 e. The normalized spacial score (nSPS) is 10.8. The second-order valence-electron chi connectivity index (χ2n) is 4.10. The highest BCUT2D eigenvalue weighted by molar-refractivity contribution is 5.66. The van der Waals surface area contributed by atoms with Crippen LogP contribution in [0.25, 0.3) is 17.0 Å². The number of hydrogen-bond donors (Lipinski definition) is 0. The monoisotopic (exact) mass is 239 g/mol. The summed E-state index contributed by atoms with van der Waals surface area (Å²) in [5, 5.41) is 4.48. The fourth-order valence-corrected chi connectivity index (χ4v) is 1.98. The van der Waals surface area contributed by atoms with Gasteiger partial charge in [-0.15, -0.1) is 5.10 Å². The Kier molecular flexibility index (Phi) is 2.48. The molecule has 2 heterocycles. The molecule has 2 aromatic heterocycles. The number of fused-ring (bicyclic) bond motifs is 1. The molecule has 0 saturated carbocycles. The molecular formula is C14H13N3O. The second kappa shape index (κ2) is 4.14. The van der Waals surface area contributed by atoms with Gasteiger partial charge in [-0.05, 0) is 30.7 Å². The van der Waals surface area contributed by atoms with E-state index in [0.717, 1.165) is 22.5 Å².